The van der Waals surface area contributed by atoms with Crippen LogP contribution in [0.25, 0.3) is 17.0 Å². The number of hydrogen-bond acceptors (Lipinski definition) is 4. The number of aromatic nitrogens is 1. The molecule has 0 unspecified atom stereocenters. The molecule has 28 heavy (non-hydrogen) atoms. The van der Waals surface area contributed by atoms with Gasteiger partial charge in [0.15, 0.2) is 0 Å². The van der Waals surface area contributed by atoms with E-state index in [0.717, 1.165) is 24.8 Å². The van der Waals surface area contributed by atoms with Gasteiger partial charge in [0.1, 0.15) is 12.0 Å². The summed E-state index contributed by atoms with van der Waals surface area (Å²) in [5.41, 5.74) is 2.28. The average Bonchev–Trinajstić information content (AvgIpc) is 3.09. The van der Waals surface area contributed by atoms with E-state index in [9.17, 15) is 13.2 Å². The van der Waals surface area contributed by atoms with E-state index in [-0.39, 0.29) is 4.90 Å². The Kier molecular flexibility index (Phi) is 5.99. The standard InChI is InChI=1S/C22H23NO4S/c1-3-4-6-17-8-11-20(12-9-17)28(25,26)23-16-18(7-5-14-24)21-15-19(27-2)10-13-22(21)23/h5,7-16H,3-4,6H2,1-2H3/b7-5+. The second kappa shape index (κ2) is 8.44. The number of methoxy groups -OCH3 is 1. The van der Waals surface area contributed by atoms with Gasteiger partial charge >= 0.3 is 0 Å². The van der Waals surface area contributed by atoms with Gasteiger partial charge in [-0.2, -0.15) is 0 Å². The summed E-state index contributed by atoms with van der Waals surface area (Å²) in [6.45, 7) is 2.13. The number of carbonyl (C=O) groups is 1. The van der Waals surface area contributed by atoms with Gasteiger partial charge in [-0.15, -0.1) is 0 Å². The van der Waals surface area contributed by atoms with Gasteiger partial charge in [-0.05, 0) is 60.9 Å². The smallest absolute Gasteiger partial charge is 0.268 e. The number of rotatable bonds is 8. The second-order valence-electron chi connectivity index (χ2n) is 6.51. The Morgan fingerprint density at radius 3 is 2.50 bits per heavy atom. The maximum Gasteiger partial charge on any atom is 0.268 e. The molecule has 0 aliphatic carbocycles. The van der Waals surface area contributed by atoms with Crippen LogP contribution in [-0.2, 0) is 21.2 Å². The zero-order valence-electron chi connectivity index (χ0n) is 16.0. The molecule has 0 atom stereocenters. The van der Waals surface area contributed by atoms with Gasteiger partial charge in [0.05, 0.1) is 17.5 Å². The molecule has 0 bridgehead atoms. The van der Waals surface area contributed by atoms with Crippen LogP contribution in [0.2, 0.25) is 0 Å². The third-order valence-corrected chi connectivity index (χ3v) is 6.35. The molecule has 0 aliphatic heterocycles. The minimum Gasteiger partial charge on any atom is -0.497 e. The Balaban J connectivity index is 2.10. The summed E-state index contributed by atoms with van der Waals surface area (Å²) in [5, 5.41) is 0.695. The summed E-state index contributed by atoms with van der Waals surface area (Å²) in [4.78, 5) is 11.0. The number of aryl methyl sites for hydroxylation is 1. The van der Waals surface area contributed by atoms with Crippen LogP contribution in [0.4, 0.5) is 0 Å². The number of benzene rings is 2. The molecule has 0 amide bonds. The minimum absolute atomic E-state index is 0.228. The van der Waals surface area contributed by atoms with Crippen molar-refractivity contribution in [3.05, 3.63) is 65.9 Å². The number of unbranched alkanes of at least 4 members (excludes halogenated alkanes) is 1. The van der Waals surface area contributed by atoms with Crippen LogP contribution in [0, 0.1) is 0 Å². The van der Waals surface area contributed by atoms with Gasteiger partial charge < -0.3 is 4.74 Å². The fraction of sp³-hybridized carbons (Fsp3) is 0.227. The van der Waals surface area contributed by atoms with Crippen molar-refractivity contribution in [3.8, 4) is 5.75 Å². The quantitative estimate of drug-likeness (QED) is 0.416. The first kappa shape index (κ1) is 19.9. The number of fused-ring (bicyclic) bond motifs is 1. The van der Waals surface area contributed by atoms with Gasteiger partial charge in [-0.3, -0.25) is 4.79 Å². The molecule has 3 aromatic rings. The molecule has 0 spiro atoms. The number of allylic oxidation sites excluding steroid dienone is 1. The molecule has 0 radical (unpaired) electrons. The van der Waals surface area contributed by atoms with Crippen molar-refractivity contribution in [2.75, 3.05) is 7.11 Å². The highest BCUT2D eigenvalue weighted by atomic mass is 32.2. The van der Waals surface area contributed by atoms with E-state index in [1.807, 2.05) is 12.1 Å². The van der Waals surface area contributed by atoms with E-state index >= 15 is 0 Å². The third-order valence-electron chi connectivity index (χ3n) is 4.66. The number of carbonyl (C=O) groups excluding carboxylic acids is 1. The van der Waals surface area contributed by atoms with Crippen molar-refractivity contribution < 1.29 is 17.9 Å². The molecule has 0 saturated carbocycles. The number of aldehydes is 1. The van der Waals surface area contributed by atoms with Gasteiger partial charge in [0.2, 0.25) is 0 Å². The van der Waals surface area contributed by atoms with E-state index < -0.39 is 10.0 Å². The normalized spacial score (nSPS) is 11.9. The molecule has 1 aromatic heterocycles. The molecule has 6 heteroatoms. The Morgan fingerprint density at radius 2 is 1.86 bits per heavy atom. The van der Waals surface area contributed by atoms with E-state index in [1.165, 1.54) is 16.2 Å². The summed E-state index contributed by atoms with van der Waals surface area (Å²) < 4.78 is 33.0. The fourth-order valence-corrected chi connectivity index (χ4v) is 4.51. The van der Waals surface area contributed by atoms with Crippen LogP contribution in [0.15, 0.2) is 59.6 Å². The van der Waals surface area contributed by atoms with Crippen molar-refractivity contribution in [1.82, 2.24) is 3.97 Å². The predicted octanol–water partition coefficient (Wildman–Crippen LogP) is 4.44. The molecule has 1 heterocycles. The third kappa shape index (κ3) is 3.87. The van der Waals surface area contributed by atoms with Crippen molar-refractivity contribution in [1.29, 1.82) is 0 Å². The summed E-state index contributed by atoms with van der Waals surface area (Å²) in [5.74, 6) is 0.615. The van der Waals surface area contributed by atoms with Gasteiger partial charge in [0, 0.05) is 17.1 Å². The maximum atomic E-state index is 13.3. The second-order valence-corrected chi connectivity index (χ2v) is 8.33. The molecule has 3 rings (SSSR count). The van der Waals surface area contributed by atoms with Crippen molar-refractivity contribution in [2.24, 2.45) is 0 Å². The monoisotopic (exact) mass is 397 g/mol. The topological polar surface area (TPSA) is 65.4 Å². The zero-order chi connectivity index (χ0) is 20.1. The van der Waals surface area contributed by atoms with Crippen molar-refractivity contribution in [2.45, 2.75) is 31.1 Å². The van der Waals surface area contributed by atoms with Crippen LogP contribution in [0.1, 0.15) is 30.9 Å². The first-order valence-corrected chi connectivity index (χ1v) is 10.6. The molecule has 0 N–H and O–H groups in total. The van der Waals surface area contributed by atoms with Crippen LogP contribution in [0.5, 0.6) is 5.75 Å². The minimum atomic E-state index is -3.77. The summed E-state index contributed by atoms with van der Waals surface area (Å²) in [6.07, 6.45) is 8.22. The zero-order valence-corrected chi connectivity index (χ0v) is 16.8. The van der Waals surface area contributed by atoms with E-state index in [1.54, 1.807) is 43.5 Å². The lowest BCUT2D eigenvalue weighted by molar-refractivity contribution is -0.104. The molecule has 0 fully saturated rings. The number of nitrogens with zero attached hydrogens (tertiary/aromatic N) is 1. The van der Waals surface area contributed by atoms with Gasteiger partial charge in [0.25, 0.3) is 10.0 Å². The largest absolute Gasteiger partial charge is 0.497 e. The van der Waals surface area contributed by atoms with E-state index in [0.29, 0.717) is 28.5 Å². The van der Waals surface area contributed by atoms with Crippen molar-refractivity contribution >= 4 is 33.3 Å². The molecule has 2 aromatic carbocycles. The van der Waals surface area contributed by atoms with Crippen LogP contribution < -0.4 is 4.74 Å². The maximum absolute atomic E-state index is 13.3. The highest BCUT2D eigenvalue weighted by Gasteiger charge is 2.21. The molecule has 146 valence electrons. The molecular formula is C22H23NO4S. The van der Waals surface area contributed by atoms with E-state index in [4.69, 9.17) is 4.74 Å². The SMILES string of the molecule is CCCCc1ccc(S(=O)(=O)n2cc(/C=C/C=O)c3cc(OC)ccc32)cc1. The lowest BCUT2D eigenvalue weighted by atomic mass is 10.1. The van der Waals surface area contributed by atoms with Gasteiger partial charge in [-0.1, -0.05) is 25.5 Å². The van der Waals surface area contributed by atoms with E-state index in [2.05, 4.69) is 6.92 Å². The molecule has 0 saturated heterocycles. The first-order valence-electron chi connectivity index (χ1n) is 9.16. The summed E-state index contributed by atoms with van der Waals surface area (Å²) >= 11 is 0. The molecular weight excluding hydrogens is 374 g/mol. The number of ether oxygens (including phenoxy) is 1. The Bertz CT molecular complexity index is 1110. The fourth-order valence-electron chi connectivity index (χ4n) is 3.13. The van der Waals surface area contributed by atoms with Gasteiger partial charge in [-0.25, -0.2) is 12.4 Å². The first-order chi connectivity index (χ1) is 13.5. The molecule has 5 nitrogen and oxygen atoms in total. The highest BCUT2D eigenvalue weighted by molar-refractivity contribution is 7.90. The predicted molar refractivity (Wildman–Crippen MR) is 111 cm³/mol. The molecule has 0 aliphatic rings. The lowest BCUT2D eigenvalue weighted by Crippen LogP contribution is -2.11. The van der Waals surface area contributed by atoms with Crippen LogP contribution in [-0.4, -0.2) is 25.8 Å². The summed E-state index contributed by atoms with van der Waals surface area (Å²) in [6, 6.07) is 12.2. The van der Waals surface area contributed by atoms with Crippen LogP contribution in [0.3, 0.4) is 0 Å². The van der Waals surface area contributed by atoms with Crippen LogP contribution >= 0.6 is 0 Å². The Hall–Kier alpha value is -2.86. The highest BCUT2D eigenvalue weighted by Crippen LogP contribution is 2.30. The Morgan fingerprint density at radius 1 is 1.11 bits per heavy atom. The summed E-state index contributed by atoms with van der Waals surface area (Å²) in [7, 11) is -2.22. The lowest BCUT2D eigenvalue weighted by Gasteiger charge is -2.09. The number of hydrogen-bond donors (Lipinski definition) is 0. The average molecular weight is 397 g/mol. The Labute approximate surface area is 165 Å². The van der Waals surface area contributed by atoms with Crippen molar-refractivity contribution in [3.63, 3.8) is 0 Å².